The van der Waals surface area contributed by atoms with Crippen LogP contribution in [0.4, 0.5) is 14.5 Å². The standard InChI is InChI=1S/C16H16F2N2O4/c1-3-24-16(23)9-8-19-14-11(18)5-4-10(17)13(14)15(9)20(2)7-6-12(21)22/h4-5,8H,3,6-7H2,1-2H3,(H,21,22). The number of nitrogens with zero attached hydrogens (tertiary/aromatic N) is 2. The number of carboxylic acid groups (broad SMARTS) is 1. The summed E-state index contributed by atoms with van der Waals surface area (Å²) in [6.07, 6.45) is 0.870. The summed E-state index contributed by atoms with van der Waals surface area (Å²) in [5.41, 5.74) is -0.237. The predicted octanol–water partition coefficient (Wildman–Crippen LogP) is 2.60. The molecular formula is C16H16F2N2O4. The van der Waals surface area contributed by atoms with Gasteiger partial charge in [-0.05, 0) is 19.1 Å². The van der Waals surface area contributed by atoms with Gasteiger partial charge in [0.2, 0.25) is 0 Å². The lowest BCUT2D eigenvalue weighted by Gasteiger charge is -2.23. The molecule has 2 aromatic rings. The summed E-state index contributed by atoms with van der Waals surface area (Å²) in [5.74, 6) is -3.30. The van der Waals surface area contributed by atoms with Crippen molar-refractivity contribution < 1.29 is 28.2 Å². The van der Waals surface area contributed by atoms with Crippen molar-refractivity contribution in [1.82, 2.24) is 4.98 Å². The van der Waals surface area contributed by atoms with E-state index < -0.39 is 23.6 Å². The Hall–Kier alpha value is -2.77. The van der Waals surface area contributed by atoms with Crippen molar-refractivity contribution in [2.24, 2.45) is 0 Å². The molecule has 0 fully saturated rings. The van der Waals surface area contributed by atoms with Gasteiger partial charge in [0.05, 0.1) is 24.1 Å². The van der Waals surface area contributed by atoms with E-state index in [1.54, 1.807) is 6.92 Å². The van der Waals surface area contributed by atoms with Gasteiger partial charge in [-0.3, -0.25) is 9.78 Å². The molecule has 2 rings (SSSR count). The fourth-order valence-corrected chi connectivity index (χ4v) is 2.35. The minimum Gasteiger partial charge on any atom is -0.481 e. The molecule has 0 amide bonds. The lowest BCUT2D eigenvalue weighted by atomic mass is 10.1. The van der Waals surface area contributed by atoms with Crippen LogP contribution in [-0.2, 0) is 9.53 Å². The average molecular weight is 338 g/mol. The molecular weight excluding hydrogens is 322 g/mol. The summed E-state index contributed by atoms with van der Waals surface area (Å²) in [6.45, 7) is 1.71. The summed E-state index contributed by atoms with van der Waals surface area (Å²) in [4.78, 5) is 28.1. The van der Waals surface area contributed by atoms with Crippen molar-refractivity contribution >= 4 is 28.5 Å². The lowest BCUT2D eigenvalue weighted by Crippen LogP contribution is -2.24. The summed E-state index contributed by atoms with van der Waals surface area (Å²) < 4.78 is 33.2. The molecule has 8 heteroatoms. The van der Waals surface area contributed by atoms with Gasteiger partial charge in [-0.1, -0.05) is 0 Å². The number of carbonyl (C=O) groups is 2. The molecule has 1 N–H and O–H groups in total. The Labute approximate surface area is 136 Å². The number of hydrogen-bond donors (Lipinski definition) is 1. The number of fused-ring (bicyclic) bond motifs is 1. The van der Waals surface area contributed by atoms with Gasteiger partial charge in [0.15, 0.2) is 0 Å². The van der Waals surface area contributed by atoms with Gasteiger partial charge in [-0.25, -0.2) is 13.6 Å². The van der Waals surface area contributed by atoms with Gasteiger partial charge in [-0.2, -0.15) is 0 Å². The first-order valence-corrected chi connectivity index (χ1v) is 7.23. The SMILES string of the molecule is CCOC(=O)c1cnc2c(F)ccc(F)c2c1N(C)CCC(=O)O. The maximum Gasteiger partial charge on any atom is 0.341 e. The van der Waals surface area contributed by atoms with Crippen LogP contribution in [0.3, 0.4) is 0 Å². The molecule has 0 unspecified atom stereocenters. The summed E-state index contributed by atoms with van der Waals surface area (Å²) in [6, 6.07) is 1.87. The highest BCUT2D eigenvalue weighted by Gasteiger charge is 2.23. The van der Waals surface area contributed by atoms with Crippen molar-refractivity contribution in [2.75, 3.05) is 25.1 Å². The third kappa shape index (κ3) is 3.42. The van der Waals surface area contributed by atoms with Crippen LogP contribution in [-0.4, -0.2) is 42.2 Å². The molecule has 24 heavy (non-hydrogen) atoms. The molecule has 6 nitrogen and oxygen atoms in total. The fourth-order valence-electron chi connectivity index (χ4n) is 2.35. The minimum absolute atomic E-state index is 0.00317. The zero-order valence-corrected chi connectivity index (χ0v) is 13.2. The minimum atomic E-state index is -1.05. The van der Waals surface area contributed by atoms with Crippen molar-refractivity contribution in [3.05, 3.63) is 35.5 Å². The number of hydrogen-bond acceptors (Lipinski definition) is 5. The van der Waals surface area contributed by atoms with E-state index in [-0.39, 0.29) is 41.7 Å². The molecule has 0 aliphatic heterocycles. The van der Waals surface area contributed by atoms with E-state index in [2.05, 4.69) is 4.98 Å². The van der Waals surface area contributed by atoms with Gasteiger partial charge in [-0.15, -0.1) is 0 Å². The topological polar surface area (TPSA) is 79.7 Å². The Balaban J connectivity index is 2.68. The van der Waals surface area contributed by atoms with E-state index in [0.29, 0.717) is 0 Å². The molecule has 1 aromatic carbocycles. The maximum atomic E-state index is 14.3. The van der Waals surface area contributed by atoms with Crippen LogP contribution in [0.15, 0.2) is 18.3 Å². The summed E-state index contributed by atoms with van der Waals surface area (Å²) in [5, 5.41) is 8.63. The smallest absolute Gasteiger partial charge is 0.341 e. The Bertz CT molecular complexity index is 795. The number of esters is 1. The van der Waals surface area contributed by atoms with Gasteiger partial charge < -0.3 is 14.7 Å². The Morgan fingerprint density at radius 3 is 2.58 bits per heavy atom. The van der Waals surface area contributed by atoms with Crippen molar-refractivity contribution in [3.63, 3.8) is 0 Å². The summed E-state index contributed by atoms with van der Waals surface area (Å²) >= 11 is 0. The zero-order valence-electron chi connectivity index (χ0n) is 13.2. The Kier molecular flexibility index (Phi) is 5.28. The second-order valence-corrected chi connectivity index (χ2v) is 5.06. The number of carboxylic acids is 1. The molecule has 0 aliphatic carbocycles. The largest absolute Gasteiger partial charge is 0.481 e. The maximum absolute atomic E-state index is 14.3. The first-order valence-electron chi connectivity index (χ1n) is 7.23. The van der Waals surface area contributed by atoms with E-state index in [1.807, 2.05) is 0 Å². The van der Waals surface area contributed by atoms with E-state index in [1.165, 1.54) is 11.9 Å². The molecule has 0 radical (unpaired) electrons. The Morgan fingerprint density at radius 2 is 1.96 bits per heavy atom. The first kappa shape index (κ1) is 17.6. The number of rotatable bonds is 6. The van der Waals surface area contributed by atoms with Crippen molar-refractivity contribution in [1.29, 1.82) is 0 Å². The highest BCUT2D eigenvalue weighted by atomic mass is 19.1. The molecule has 0 aliphatic rings. The van der Waals surface area contributed by atoms with E-state index in [4.69, 9.17) is 9.84 Å². The Morgan fingerprint density at radius 1 is 1.29 bits per heavy atom. The van der Waals surface area contributed by atoms with Crippen LogP contribution in [0.25, 0.3) is 10.9 Å². The van der Waals surface area contributed by atoms with Crippen molar-refractivity contribution in [3.8, 4) is 0 Å². The van der Waals surface area contributed by atoms with Crippen molar-refractivity contribution in [2.45, 2.75) is 13.3 Å². The third-order valence-electron chi connectivity index (χ3n) is 3.43. The van der Waals surface area contributed by atoms with Gasteiger partial charge in [0, 0.05) is 19.8 Å². The quantitative estimate of drug-likeness (QED) is 0.816. The molecule has 0 bridgehead atoms. The van der Waals surface area contributed by atoms with Gasteiger partial charge >= 0.3 is 11.9 Å². The zero-order chi connectivity index (χ0) is 17.9. The highest BCUT2D eigenvalue weighted by Crippen LogP contribution is 2.33. The number of carbonyl (C=O) groups excluding carboxylic acids is 1. The number of benzene rings is 1. The number of aromatic nitrogens is 1. The predicted molar refractivity (Wildman–Crippen MR) is 83.1 cm³/mol. The monoisotopic (exact) mass is 338 g/mol. The number of anilines is 1. The van der Waals surface area contributed by atoms with E-state index in [0.717, 1.165) is 18.3 Å². The average Bonchev–Trinajstić information content (AvgIpc) is 2.55. The lowest BCUT2D eigenvalue weighted by molar-refractivity contribution is -0.136. The highest BCUT2D eigenvalue weighted by molar-refractivity contribution is 6.05. The first-order chi connectivity index (χ1) is 11.4. The van der Waals surface area contributed by atoms with E-state index in [9.17, 15) is 18.4 Å². The van der Waals surface area contributed by atoms with E-state index >= 15 is 0 Å². The molecule has 1 aromatic heterocycles. The normalized spacial score (nSPS) is 10.7. The number of ether oxygens (including phenoxy) is 1. The molecule has 0 saturated heterocycles. The van der Waals surface area contributed by atoms with Crippen LogP contribution >= 0.6 is 0 Å². The molecule has 0 atom stereocenters. The van der Waals surface area contributed by atoms with Crippen LogP contribution in [0.5, 0.6) is 0 Å². The third-order valence-corrected chi connectivity index (χ3v) is 3.43. The molecule has 128 valence electrons. The van der Waals surface area contributed by atoms with Gasteiger partial charge in [0.25, 0.3) is 0 Å². The second-order valence-electron chi connectivity index (χ2n) is 5.06. The molecule has 0 spiro atoms. The fraction of sp³-hybridized carbons (Fsp3) is 0.312. The summed E-state index contributed by atoms with van der Waals surface area (Å²) in [7, 11) is 1.49. The van der Waals surface area contributed by atoms with Crippen LogP contribution in [0.2, 0.25) is 0 Å². The molecule has 0 saturated carbocycles. The van der Waals surface area contributed by atoms with Gasteiger partial charge in [0.1, 0.15) is 22.7 Å². The van der Waals surface area contributed by atoms with Crippen LogP contribution < -0.4 is 4.90 Å². The van der Waals surface area contributed by atoms with Crippen LogP contribution in [0.1, 0.15) is 23.7 Å². The van der Waals surface area contributed by atoms with Crippen LogP contribution in [0, 0.1) is 11.6 Å². The number of halogens is 2. The number of pyridine rings is 1. The molecule has 1 heterocycles. The number of aliphatic carboxylic acids is 1. The second kappa shape index (κ2) is 7.20.